The maximum absolute atomic E-state index is 13.8. The average Bonchev–Trinajstić information content (AvgIpc) is 3.61. The highest BCUT2D eigenvalue weighted by Gasteiger charge is 2.67. The Morgan fingerprint density at radius 2 is 1.76 bits per heavy atom. The zero-order chi connectivity index (χ0) is 29.6. The van der Waals surface area contributed by atoms with E-state index in [1.165, 1.54) is 36.7 Å². The number of halogens is 4. The maximum Gasteiger partial charge on any atom is 0.413 e. The second kappa shape index (κ2) is 10.1. The van der Waals surface area contributed by atoms with Gasteiger partial charge in [-0.3, -0.25) is 9.99 Å². The first-order valence-electron chi connectivity index (χ1n) is 13.0. The molecule has 4 N–H and O–H groups in total. The summed E-state index contributed by atoms with van der Waals surface area (Å²) in [5, 5.41) is 27.9. The average molecular weight is 565 g/mol. The summed E-state index contributed by atoms with van der Waals surface area (Å²) in [4.78, 5) is 4.36. The van der Waals surface area contributed by atoms with Crippen LogP contribution in [-0.2, 0) is 0 Å². The molecule has 1 aliphatic heterocycles. The van der Waals surface area contributed by atoms with Crippen molar-refractivity contribution in [3.8, 4) is 12.1 Å². The molecule has 2 aliphatic rings. The van der Waals surface area contributed by atoms with Crippen LogP contribution in [0.5, 0.6) is 0 Å². The number of pyridine rings is 1. The van der Waals surface area contributed by atoms with Gasteiger partial charge in [-0.25, -0.2) is 4.39 Å². The van der Waals surface area contributed by atoms with Gasteiger partial charge in [0.2, 0.25) is 0 Å². The summed E-state index contributed by atoms with van der Waals surface area (Å²) in [5.41, 5.74) is 6.21. The van der Waals surface area contributed by atoms with Crippen LogP contribution < -0.4 is 21.6 Å². The fraction of sp³-hybridized carbons (Fsp3) is 0.345. The normalized spacial score (nSPS) is 16.8. The molecule has 3 aromatic rings. The van der Waals surface area contributed by atoms with Crippen molar-refractivity contribution in [2.24, 2.45) is 5.41 Å². The first kappa shape index (κ1) is 28.0. The number of hydrogen-bond donors (Lipinski definition) is 4. The highest BCUT2D eigenvalue weighted by molar-refractivity contribution is 5.99. The smallest absolute Gasteiger partial charge is 0.383 e. The molecular formula is C29H28F4N8. The maximum atomic E-state index is 13.8. The van der Waals surface area contributed by atoms with Crippen molar-refractivity contribution in [2.75, 3.05) is 17.2 Å². The molecule has 212 valence electrons. The Bertz CT molecular complexity index is 1590. The van der Waals surface area contributed by atoms with Crippen LogP contribution in [0.1, 0.15) is 56.3 Å². The van der Waals surface area contributed by atoms with Gasteiger partial charge >= 0.3 is 6.18 Å². The number of nitriles is 2. The minimum absolute atomic E-state index is 0.0433. The molecule has 0 amide bonds. The van der Waals surface area contributed by atoms with E-state index < -0.39 is 23.6 Å². The number of alkyl halides is 3. The molecule has 1 atom stereocenters. The molecule has 1 unspecified atom stereocenters. The van der Waals surface area contributed by atoms with Crippen molar-refractivity contribution in [1.29, 1.82) is 10.5 Å². The summed E-state index contributed by atoms with van der Waals surface area (Å²) in [6.07, 6.45) is -1.74. The molecule has 1 fully saturated rings. The van der Waals surface area contributed by atoms with E-state index in [4.69, 9.17) is 0 Å². The molecule has 0 bridgehead atoms. The molecule has 12 heteroatoms. The third-order valence-corrected chi connectivity index (χ3v) is 7.13. The molecule has 5 rings (SSSR count). The second-order valence-corrected chi connectivity index (χ2v) is 11.5. The summed E-state index contributed by atoms with van der Waals surface area (Å²) in [6, 6.07) is 12.5. The van der Waals surface area contributed by atoms with Gasteiger partial charge in [-0.05, 0) is 48.1 Å². The lowest BCUT2D eigenvalue weighted by atomic mass is 9.96. The largest absolute Gasteiger partial charge is 0.413 e. The Morgan fingerprint density at radius 1 is 1.07 bits per heavy atom. The van der Waals surface area contributed by atoms with Gasteiger partial charge in [0.1, 0.15) is 18.0 Å². The lowest BCUT2D eigenvalue weighted by molar-refractivity contribution is -0.195. The number of nitrogens with one attached hydrogen (secondary N) is 4. The van der Waals surface area contributed by atoms with E-state index in [9.17, 15) is 28.1 Å². The molecule has 2 heterocycles. The van der Waals surface area contributed by atoms with E-state index in [1.54, 1.807) is 12.1 Å². The van der Waals surface area contributed by atoms with Crippen LogP contribution >= 0.6 is 0 Å². The van der Waals surface area contributed by atoms with E-state index >= 15 is 0 Å². The molecule has 0 saturated heterocycles. The Balaban J connectivity index is 1.58. The summed E-state index contributed by atoms with van der Waals surface area (Å²) in [6.45, 7) is 6.67. The number of benzene rings is 2. The number of hydrazine groups is 2. The van der Waals surface area contributed by atoms with Gasteiger partial charge in [0.25, 0.3) is 0 Å². The minimum atomic E-state index is -4.44. The van der Waals surface area contributed by atoms with Gasteiger partial charge in [-0.15, -0.1) is 5.53 Å². The number of hydrogen-bond acceptors (Lipinski definition) is 8. The lowest BCUT2D eigenvalue weighted by Crippen LogP contribution is -2.52. The highest BCUT2D eigenvalue weighted by atomic mass is 19.4. The van der Waals surface area contributed by atoms with Gasteiger partial charge in [-0.2, -0.15) is 23.7 Å². The lowest BCUT2D eigenvalue weighted by Gasteiger charge is -2.28. The first-order chi connectivity index (χ1) is 19.3. The number of rotatable bonds is 7. The van der Waals surface area contributed by atoms with Crippen LogP contribution in [-0.4, -0.2) is 28.3 Å². The predicted octanol–water partition coefficient (Wildman–Crippen LogP) is 5.99. The van der Waals surface area contributed by atoms with Gasteiger partial charge in [0.05, 0.1) is 34.1 Å². The van der Waals surface area contributed by atoms with Crippen LogP contribution in [0.15, 0.2) is 54.5 Å². The SMILES string of the molecule is CC(C)(C)CNc1c(C#N)cnc2c(C#N)cc(NC(C3=CN(C4(C(F)(F)F)CC4)NN3)c3ccc(F)cc3)cc12. The topological polar surface area (TPSA) is 112 Å². The van der Waals surface area contributed by atoms with Crippen LogP contribution in [0.25, 0.3) is 10.9 Å². The fourth-order valence-corrected chi connectivity index (χ4v) is 4.75. The quantitative estimate of drug-likeness (QED) is 0.259. The van der Waals surface area contributed by atoms with Crippen molar-refractivity contribution >= 4 is 22.3 Å². The molecular weight excluding hydrogens is 536 g/mol. The Labute approximate surface area is 234 Å². The zero-order valence-electron chi connectivity index (χ0n) is 22.6. The standard InChI is InChI=1S/C29H28F4N8/c1-27(2,3)16-37-25-19(13-35)14-36-24-18(12-34)10-21(11-22(24)25)38-26(17-4-6-20(30)7-5-17)23-15-41(40-39-23)28(8-9-28)29(31,32)33/h4-7,10-11,14-15,26,38-40H,8-9,16H2,1-3H3,(H,36,37). The predicted molar refractivity (Wildman–Crippen MR) is 146 cm³/mol. The van der Waals surface area contributed by atoms with Crippen LogP contribution in [0.2, 0.25) is 0 Å². The Morgan fingerprint density at radius 3 is 2.34 bits per heavy atom. The van der Waals surface area contributed by atoms with Gasteiger partial charge in [0.15, 0.2) is 5.54 Å². The summed E-state index contributed by atoms with van der Waals surface area (Å²) in [7, 11) is 0. The molecule has 0 spiro atoms. The van der Waals surface area contributed by atoms with E-state index in [-0.39, 0.29) is 23.8 Å². The number of anilines is 2. The minimum Gasteiger partial charge on any atom is -0.383 e. The highest BCUT2D eigenvalue weighted by Crippen LogP contribution is 2.53. The first-order valence-corrected chi connectivity index (χ1v) is 13.0. The van der Waals surface area contributed by atoms with E-state index in [1.807, 2.05) is 20.8 Å². The van der Waals surface area contributed by atoms with Gasteiger partial charge in [0, 0.05) is 30.0 Å². The molecule has 2 aromatic carbocycles. The van der Waals surface area contributed by atoms with Gasteiger partial charge < -0.3 is 16.1 Å². The van der Waals surface area contributed by atoms with E-state index in [0.29, 0.717) is 45.6 Å². The zero-order valence-corrected chi connectivity index (χ0v) is 22.6. The molecule has 1 saturated carbocycles. The molecule has 0 radical (unpaired) electrons. The van der Waals surface area contributed by atoms with Crippen molar-refractivity contribution in [2.45, 2.75) is 51.4 Å². The van der Waals surface area contributed by atoms with Crippen LogP contribution in [0, 0.1) is 33.9 Å². The third kappa shape index (κ3) is 5.43. The number of fused-ring (bicyclic) bond motifs is 1. The molecule has 41 heavy (non-hydrogen) atoms. The number of aromatic nitrogens is 1. The summed E-state index contributed by atoms with van der Waals surface area (Å²) >= 11 is 0. The summed E-state index contributed by atoms with van der Waals surface area (Å²) < 4.78 is 55.2. The van der Waals surface area contributed by atoms with Crippen molar-refractivity contribution in [3.63, 3.8) is 0 Å². The number of nitrogens with zero attached hydrogens (tertiary/aromatic N) is 4. The second-order valence-electron chi connectivity index (χ2n) is 11.5. The molecule has 1 aromatic heterocycles. The fourth-order valence-electron chi connectivity index (χ4n) is 4.75. The van der Waals surface area contributed by atoms with Crippen LogP contribution in [0.4, 0.5) is 28.9 Å². The van der Waals surface area contributed by atoms with Crippen LogP contribution in [0.3, 0.4) is 0 Å². The van der Waals surface area contributed by atoms with Crippen molar-refractivity contribution in [1.82, 2.24) is 21.0 Å². The molecule has 1 aliphatic carbocycles. The third-order valence-electron chi connectivity index (χ3n) is 7.13. The Kier molecular flexibility index (Phi) is 6.92. The van der Waals surface area contributed by atoms with Gasteiger partial charge in [-0.1, -0.05) is 32.9 Å². The Hall–Kier alpha value is -4.55. The van der Waals surface area contributed by atoms with Crippen molar-refractivity contribution in [3.05, 3.63) is 77.0 Å². The van der Waals surface area contributed by atoms with E-state index in [2.05, 4.69) is 38.7 Å². The molecule has 8 nitrogen and oxygen atoms in total. The van der Waals surface area contributed by atoms with E-state index in [0.717, 1.165) is 5.01 Å². The van der Waals surface area contributed by atoms with Crippen molar-refractivity contribution < 1.29 is 17.6 Å². The monoisotopic (exact) mass is 564 g/mol. The summed E-state index contributed by atoms with van der Waals surface area (Å²) in [5.74, 6) is -0.461.